The number of hydroxylamine groups is 2. The van der Waals surface area contributed by atoms with Gasteiger partial charge in [-0.25, -0.2) is 0 Å². The lowest BCUT2D eigenvalue weighted by molar-refractivity contribution is -0.103. The van der Waals surface area contributed by atoms with Gasteiger partial charge in [-0.3, -0.25) is 20.6 Å². The van der Waals surface area contributed by atoms with E-state index >= 15 is 0 Å². The topological polar surface area (TPSA) is 116 Å². The molecule has 1 amide bonds. The monoisotopic (exact) mass is 486 g/mol. The second-order valence-electron chi connectivity index (χ2n) is 9.11. The van der Waals surface area contributed by atoms with Crippen molar-refractivity contribution in [2.45, 2.75) is 73.3 Å². The van der Waals surface area contributed by atoms with Crippen molar-refractivity contribution in [3.8, 4) is 0 Å². The lowest BCUT2D eigenvalue weighted by Gasteiger charge is -2.38. The highest BCUT2D eigenvalue weighted by atomic mass is 16.5. The third kappa shape index (κ3) is 8.40. The molecule has 4 N–H and O–H groups in total. The first-order chi connectivity index (χ1) is 16.3. The van der Waals surface area contributed by atoms with Crippen LogP contribution in [0.5, 0.6) is 0 Å². The number of carbonyl (C=O) groups excluding carboxylic acids is 1. The van der Waals surface area contributed by atoms with Crippen molar-refractivity contribution in [2.24, 2.45) is 5.41 Å². The van der Waals surface area contributed by atoms with Crippen LogP contribution in [0, 0.1) is 16.2 Å². The van der Waals surface area contributed by atoms with Gasteiger partial charge in [0.15, 0.2) is 0 Å². The van der Waals surface area contributed by atoms with Gasteiger partial charge in [0.25, 0.3) is 5.91 Å². The standard InChI is InChI=1S/C23H32N6O2.C3H8.CH4.H2/c1-3-4-9-23(2,22(25)29-12-6-5-7-20(29)24)10-11-26-21(30)19-14-18-16-28(31)13-8-17(18)15-27-19;1-3-2;;/h3-4,9,14-15,24-25,31H,1,5-8,10-13,16H2,2H3,(H,26,30);3H2,1-2H3;1H4;1H/b9-4-,24-20?,25-22?;;;. The Morgan fingerprint density at radius 2 is 2.03 bits per heavy atom. The van der Waals surface area contributed by atoms with Crippen molar-refractivity contribution >= 4 is 17.6 Å². The molecule has 1 fully saturated rings. The zero-order valence-electron chi connectivity index (χ0n) is 20.9. The van der Waals surface area contributed by atoms with Gasteiger partial charge >= 0.3 is 0 Å². The molecule has 0 spiro atoms. The molecule has 1 unspecified atom stereocenters. The summed E-state index contributed by atoms with van der Waals surface area (Å²) in [6, 6.07) is 1.74. The third-order valence-corrected chi connectivity index (χ3v) is 6.02. The van der Waals surface area contributed by atoms with E-state index in [0.29, 0.717) is 62.8 Å². The number of nitrogens with one attached hydrogen (secondary N) is 3. The van der Waals surface area contributed by atoms with E-state index in [1.807, 2.05) is 19.1 Å². The molecule has 8 heteroatoms. The van der Waals surface area contributed by atoms with Gasteiger partial charge in [-0.1, -0.05) is 52.5 Å². The van der Waals surface area contributed by atoms with Crippen molar-refractivity contribution in [2.75, 3.05) is 19.6 Å². The van der Waals surface area contributed by atoms with Gasteiger partial charge in [-0.15, -0.1) is 0 Å². The number of nitrogens with zero attached hydrogens (tertiary/aromatic N) is 3. The summed E-state index contributed by atoms with van der Waals surface area (Å²) in [7, 11) is 0. The second-order valence-corrected chi connectivity index (χ2v) is 9.11. The Hall–Kier alpha value is -2.84. The van der Waals surface area contributed by atoms with Crippen LogP contribution < -0.4 is 5.32 Å². The number of hydrogen-bond donors (Lipinski definition) is 4. The fraction of sp³-hybridized carbons (Fsp3) is 0.556. The maximum absolute atomic E-state index is 12.7. The van der Waals surface area contributed by atoms with Crippen LogP contribution in [0.4, 0.5) is 0 Å². The molecule has 2 aliphatic rings. The molecule has 0 radical (unpaired) electrons. The zero-order chi connectivity index (χ0) is 25.1. The number of fused-ring (bicyclic) bond motifs is 1. The molecule has 1 saturated heterocycles. The summed E-state index contributed by atoms with van der Waals surface area (Å²) in [5.74, 6) is 0.583. The molecule has 0 saturated carbocycles. The predicted octanol–water partition coefficient (Wildman–Crippen LogP) is 5.44. The van der Waals surface area contributed by atoms with E-state index in [1.165, 1.54) is 11.5 Å². The van der Waals surface area contributed by atoms with Crippen molar-refractivity contribution < 1.29 is 11.4 Å². The predicted molar refractivity (Wildman–Crippen MR) is 145 cm³/mol. The molecule has 8 nitrogen and oxygen atoms in total. The minimum absolute atomic E-state index is 0. The highest BCUT2D eigenvalue weighted by Gasteiger charge is 2.33. The van der Waals surface area contributed by atoms with E-state index in [9.17, 15) is 10.0 Å². The van der Waals surface area contributed by atoms with Crippen molar-refractivity contribution in [3.05, 3.63) is 53.9 Å². The van der Waals surface area contributed by atoms with E-state index in [0.717, 1.165) is 24.0 Å². The number of hydrogen-bond acceptors (Lipinski definition) is 6. The molecule has 196 valence electrons. The number of piperidine rings is 1. The summed E-state index contributed by atoms with van der Waals surface area (Å²) in [5.41, 5.74) is 1.66. The van der Waals surface area contributed by atoms with Gasteiger partial charge in [0.05, 0.1) is 0 Å². The molecule has 3 rings (SSSR count). The van der Waals surface area contributed by atoms with Crippen LogP contribution in [0.3, 0.4) is 0 Å². The van der Waals surface area contributed by atoms with Gasteiger partial charge < -0.3 is 15.4 Å². The van der Waals surface area contributed by atoms with Gasteiger partial charge in [0.1, 0.15) is 17.4 Å². The van der Waals surface area contributed by atoms with Crippen molar-refractivity contribution in [1.29, 1.82) is 10.8 Å². The van der Waals surface area contributed by atoms with Gasteiger partial charge in [0.2, 0.25) is 0 Å². The number of aromatic nitrogens is 1. The van der Waals surface area contributed by atoms with Gasteiger partial charge in [-0.2, -0.15) is 5.06 Å². The SMILES string of the molecule is C.C=C/C=C\C(C)(CCNC(=O)c1cc2c(cn1)CCN(O)C2)C(=N)N1CCCCC1=N.CCC.[HH]. The summed E-state index contributed by atoms with van der Waals surface area (Å²) >= 11 is 0. The van der Waals surface area contributed by atoms with Crippen LogP contribution in [-0.2, 0) is 13.0 Å². The Bertz CT molecular complexity index is 920. The number of rotatable bonds is 7. The number of amides is 1. The minimum Gasteiger partial charge on any atom is -0.351 e. The number of amidine groups is 2. The van der Waals surface area contributed by atoms with Crippen LogP contribution in [0.1, 0.15) is 83.3 Å². The molecular weight excluding hydrogens is 440 g/mol. The second kappa shape index (κ2) is 14.5. The smallest absolute Gasteiger partial charge is 0.269 e. The van der Waals surface area contributed by atoms with Crippen molar-refractivity contribution in [3.63, 3.8) is 0 Å². The van der Waals surface area contributed by atoms with Crippen LogP contribution in [0.15, 0.2) is 37.1 Å². The minimum atomic E-state index is -0.633. The first-order valence-electron chi connectivity index (χ1n) is 12.2. The van der Waals surface area contributed by atoms with Gasteiger partial charge in [-0.05, 0) is 49.8 Å². The number of carbonyl (C=O) groups is 1. The maximum Gasteiger partial charge on any atom is 0.269 e. The molecule has 3 heterocycles. The quantitative estimate of drug-likeness (QED) is 0.233. The molecule has 0 aliphatic carbocycles. The lowest BCUT2D eigenvalue weighted by Crippen LogP contribution is -2.47. The molecule has 2 aliphatic heterocycles. The third-order valence-electron chi connectivity index (χ3n) is 6.02. The summed E-state index contributed by atoms with van der Waals surface area (Å²) < 4.78 is 0. The van der Waals surface area contributed by atoms with Crippen LogP contribution in [-0.4, -0.2) is 57.4 Å². The summed E-state index contributed by atoms with van der Waals surface area (Å²) in [6.07, 6.45) is 12.2. The normalized spacial score (nSPS) is 17.4. The average Bonchev–Trinajstić information content (AvgIpc) is 2.82. The van der Waals surface area contributed by atoms with Crippen LogP contribution >= 0.6 is 0 Å². The summed E-state index contributed by atoms with van der Waals surface area (Å²) in [4.78, 5) is 18.7. The summed E-state index contributed by atoms with van der Waals surface area (Å²) in [6.45, 7) is 11.9. The van der Waals surface area contributed by atoms with E-state index in [2.05, 4.69) is 30.7 Å². The molecule has 1 aromatic heterocycles. The Kier molecular flexibility index (Phi) is 12.5. The Balaban J connectivity index is 0.00000233. The van der Waals surface area contributed by atoms with E-state index < -0.39 is 5.41 Å². The molecule has 0 bridgehead atoms. The van der Waals surface area contributed by atoms with Crippen LogP contribution in [0.2, 0.25) is 0 Å². The Morgan fingerprint density at radius 1 is 1.31 bits per heavy atom. The Labute approximate surface area is 212 Å². The highest BCUT2D eigenvalue weighted by Crippen LogP contribution is 2.29. The largest absolute Gasteiger partial charge is 0.351 e. The van der Waals surface area contributed by atoms with Crippen LogP contribution in [0.25, 0.3) is 0 Å². The van der Waals surface area contributed by atoms with E-state index in [1.54, 1.807) is 23.2 Å². The fourth-order valence-corrected chi connectivity index (χ4v) is 4.02. The number of pyridine rings is 1. The molecule has 1 aromatic rings. The molecule has 1 atom stereocenters. The zero-order valence-corrected chi connectivity index (χ0v) is 20.9. The van der Waals surface area contributed by atoms with Crippen molar-refractivity contribution in [1.82, 2.24) is 20.3 Å². The lowest BCUT2D eigenvalue weighted by atomic mass is 9.83. The molecule has 35 heavy (non-hydrogen) atoms. The molecular formula is C27H46N6O2. The summed E-state index contributed by atoms with van der Waals surface area (Å²) in [5, 5.41) is 30.9. The maximum atomic E-state index is 12.7. The number of allylic oxidation sites excluding steroid dienone is 2. The molecule has 0 aromatic carbocycles. The highest BCUT2D eigenvalue weighted by molar-refractivity contribution is 6.02. The van der Waals surface area contributed by atoms with E-state index in [-0.39, 0.29) is 14.8 Å². The average molecular weight is 487 g/mol. The first-order valence-corrected chi connectivity index (χ1v) is 12.2. The fourth-order valence-electron chi connectivity index (χ4n) is 4.02. The first kappa shape index (κ1) is 30.2. The van der Waals surface area contributed by atoms with Gasteiger partial charge in [0, 0.05) is 45.6 Å². The van der Waals surface area contributed by atoms with E-state index in [4.69, 9.17) is 10.8 Å². The number of likely N-dealkylation sites (tertiary alicyclic amines) is 1. The Morgan fingerprint density at radius 3 is 2.69 bits per heavy atom.